The minimum absolute atomic E-state index is 0.211. The molecule has 4 nitrogen and oxygen atoms in total. The van der Waals surface area contributed by atoms with Crippen molar-refractivity contribution in [3.8, 4) is 10.6 Å². The molecule has 1 amide bonds. The normalized spacial score (nSPS) is 17.9. The van der Waals surface area contributed by atoms with Crippen LogP contribution in [0.3, 0.4) is 0 Å². The van der Waals surface area contributed by atoms with Crippen molar-refractivity contribution in [1.29, 1.82) is 0 Å². The van der Waals surface area contributed by atoms with E-state index in [1.54, 1.807) is 18.2 Å². The van der Waals surface area contributed by atoms with Gasteiger partial charge >= 0.3 is 0 Å². The summed E-state index contributed by atoms with van der Waals surface area (Å²) in [6, 6.07) is 6.63. The molecule has 0 saturated carbocycles. The van der Waals surface area contributed by atoms with Crippen LogP contribution in [-0.2, 0) is 4.79 Å². The minimum Gasteiger partial charge on any atom is -0.342 e. The molecule has 1 saturated heterocycles. The average molecular weight is 347 g/mol. The molecule has 2 heterocycles. The number of likely N-dealkylation sites (tertiary alicyclic amines) is 1. The zero-order valence-electron chi connectivity index (χ0n) is 13.9. The fourth-order valence-electron chi connectivity index (χ4n) is 3.03. The Balaban J connectivity index is 1.71. The highest BCUT2D eigenvalue weighted by Crippen LogP contribution is 2.33. The van der Waals surface area contributed by atoms with Crippen LogP contribution in [0.2, 0.25) is 0 Å². The van der Waals surface area contributed by atoms with Gasteiger partial charge in [0.2, 0.25) is 5.91 Å². The zero-order valence-corrected chi connectivity index (χ0v) is 14.7. The summed E-state index contributed by atoms with van der Waals surface area (Å²) >= 11 is 1.44. The first-order valence-electron chi connectivity index (χ1n) is 8.55. The van der Waals surface area contributed by atoms with E-state index in [1.165, 1.54) is 17.4 Å². The van der Waals surface area contributed by atoms with Crippen LogP contribution in [0.15, 0.2) is 24.3 Å². The third-order valence-corrected chi connectivity index (χ3v) is 5.53. The van der Waals surface area contributed by atoms with Crippen LogP contribution in [-0.4, -0.2) is 34.1 Å². The van der Waals surface area contributed by atoms with Crippen molar-refractivity contribution in [1.82, 2.24) is 15.1 Å². The van der Waals surface area contributed by atoms with E-state index in [0.29, 0.717) is 23.5 Å². The highest BCUT2D eigenvalue weighted by atomic mass is 32.1. The van der Waals surface area contributed by atoms with Gasteiger partial charge in [0.1, 0.15) is 10.8 Å². The smallest absolute Gasteiger partial charge is 0.222 e. The molecule has 1 aliphatic rings. The summed E-state index contributed by atoms with van der Waals surface area (Å²) in [6.07, 6.45) is 4.59. The largest absolute Gasteiger partial charge is 0.342 e. The topological polar surface area (TPSA) is 46.1 Å². The van der Waals surface area contributed by atoms with E-state index in [2.05, 4.69) is 17.1 Å². The van der Waals surface area contributed by atoms with Crippen LogP contribution < -0.4 is 0 Å². The summed E-state index contributed by atoms with van der Waals surface area (Å²) in [7, 11) is 0. The molecular weight excluding hydrogens is 325 g/mol. The summed E-state index contributed by atoms with van der Waals surface area (Å²) in [4.78, 5) is 14.2. The van der Waals surface area contributed by atoms with Gasteiger partial charge in [0.15, 0.2) is 5.01 Å². The average Bonchev–Trinajstić information content (AvgIpc) is 3.10. The quantitative estimate of drug-likeness (QED) is 0.813. The number of carbonyl (C=O) groups is 1. The second kappa shape index (κ2) is 7.83. The number of halogens is 1. The van der Waals surface area contributed by atoms with E-state index in [9.17, 15) is 9.18 Å². The van der Waals surface area contributed by atoms with Gasteiger partial charge in [-0.05, 0) is 31.4 Å². The molecule has 0 radical (unpaired) electrons. The van der Waals surface area contributed by atoms with Gasteiger partial charge in [0.25, 0.3) is 0 Å². The lowest BCUT2D eigenvalue weighted by atomic mass is 9.98. The van der Waals surface area contributed by atoms with Crippen molar-refractivity contribution in [2.75, 3.05) is 13.1 Å². The molecular formula is C18H22FN3OS. The first-order valence-corrected chi connectivity index (χ1v) is 9.36. The molecule has 6 heteroatoms. The lowest BCUT2D eigenvalue weighted by Crippen LogP contribution is -2.38. The Hall–Kier alpha value is -1.82. The van der Waals surface area contributed by atoms with Crippen molar-refractivity contribution in [3.63, 3.8) is 0 Å². The summed E-state index contributed by atoms with van der Waals surface area (Å²) in [5.74, 6) is 0.169. The molecule has 1 aliphatic heterocycles. The van der Waals surface area contributed by atoms with Crippen molar-refractivity contribution in [2.45, 2.75) is 44.9 Å². The highest BCUT2D eigenvalue weighted by Gasteiger charge is 2.27. The molecule has 0 aliphatic carbocycles. The van der Waals surface area contributed by atoms with Gasteiger partial charge in [-0.2, -0.15) is 0 Å². The van der Waals surface area contributed by atoms with Crippen LogP contribution in [0.5, 0.6) is 0 Å². The Morgan fingerprint density at radius 3 is 3.00 bits per heavy atom. The monoisotopic (exact) mass is 347 g/mol. The minimum atomic E-state index is -0.278. The van der Waals surface area contributed by atoms with Gasteiger partial charge in [-0.3, -0.25) is 4.79 Å². The van der Waals surface area contributed by atoms with Gasteiger partial charge in [0.05, 0.1) is 0 Å². The van der Waals surface area contributed by atoms with E-state index >= 15 is 0 Å². The first-order chi connectivity index (χ1) is 11.7. The zero-order chi connectivity index (χ0) is 16.9. The molecule has 0 bridgehead atoms. The molecule has 2 aromatic rings. The summed E-state index contributed by atoms with van der Waals surface area (Å²) in [6.45, 7) is 3.63. The van der Waals surface area contributed by atoms with Crippen molar-refractivity contribution in [2.24, 2.45) is 0 Å². The lowest BCUT2D eigenvalue weighted by molar-refractivity contribution is -0.132. The van der Waals surface area contributed by atoms with Crippen LogP contribution in [0.4, 0.5) is 4.39 Å². The second-order valence-electron chi connectivity index (χ2n) is 6.21. The van der Waals surface area contributed by atoms with Gasteiger partial charge < -0.3 is 4.90 Å². The fourth-order valence-corrected chi connectivity index (χ4v) is 4.03. The van der Waals surface area contributed by atoms with E-state index in [4.69, 9.17) is 0 Å². The number of nitrogens with zero attached hydrogens (tertiary/aromatic N) is 3. The summed E-state index contributed by atoms with van der Waals surface area (Å²) < 4.78 is 13.9. The lowest BCUT2D eigenvalue weighted by Gasteiger charge is -2.31. The Morgan fingerprint density at radius 2 is 2.21 bits per heavy atom. The highest BCUT2D eigenvalue weighted by molar-refractivity contribution is 7.14. The second-order valence-corrected chi connectivity index (χ2v) is 7.22. The van der Waals surface area contributed by atoms with E-state index in [1.807, 2.05) is 4.90 Å². The standard InChI is InChI=1S/C18H22FN3OS/c1-2-3-10-16(23)22-11-6-7-13(12-22)17-20-21-18(24-17)14-8-4-5-9-15(14)19/h4-5,8-9,13H,2-3,6-7,10-12H2,1H3. The molecule has 1 fully saturated rings. The van der Waals surface area contributed by atoms with Crippen molar-refractivity contribution in [3.05, 3.63) is 35.1 Å². The molecule has 3 rings (SSSR count). The predicted molar refractivity (Wildman–Crippen MR) is 93.4 cm³/mol. The van der Waals surface area contributed by atoms with Crippen LogP contribution >= 0.6 is 11.3 Å². The molecule has 1 atom stereocenters. The number of hydrogen-bond donors (Lipinski definition) is 0. The summed E-state index contributed by atoms with van der Waals surface area (Å²) in [5, 5.41) is 9.96. The Kier molecular flexibility index (Phi) is 5.56. The molecule has 24 heavy (non-hydrogen) atoms. The third kappa shape index (κ3) is 3.80. The Morgan fingerprint density at radius 1 is 1.38 bits per heavy atom. The number of hydrogen-bond acceptors (Lipinski definition) is 4. The van der Waals surface area contributed by atoms with Crippen LogP contribution in [0.1, 0.15) is 50.0 Å². The molecule has 0 spiro atoms. The number of benzene rings is 1. The number of aromatic nitrogens is 2. The summed E-state index contributed by atoms with van der Waals surface area (Å²) in [5.41, 5.74) is 0.493. The number of unbranched alkanes of at least 4 members (excludes halogenated alkanes) is 1. The Bertz CT molecular complexity index is 703. The maximum atomic E-state index is 13.9. The molecule has 128 valence electrons. The van der Waals surface area contributed by atoms with Gasteiger partial charge in [-0.1, -0.05) is 36.8 Å². The first kappa shape index (κ1) is 17.0. The number of rotatable bonds is 5. The number of amides is 1. The van der Waals surface area contributed by atoms with Crippen molar-refractivity contribution < 1.29 is 9.18 Å². The number of piperidine rings is 1. The maximum Gasteiger partial charge on any atom is 0.222 e. The maximum absolute atomic E-state index is 13.9. The molecule has 1 aromatic carbocycles. The third-order valence-electron chi connectivity index (χ3n) is 4.41. The SMILES string of the molecule is CCCCC(=O)N1CCCC(c2nnc(-c3ccccc3F)s2)C1. The van der Waals surface area contributed by atoms with E-state index in [0.717, 1.165) is 37.2 Å². The number of carbonyl (C=O) groups excluding carboxylic acids is 1. The van der Waals surface area contributed by atoms with Gasteiger partial charge in [-0.15, -0.1) is 10.2 Å². The Labute approximate surface area is 145 Å². The van der Waals surface area contributed by atoms with E-state index in [-0.39, 0.29) is 17.6 Å². The van der Waals surface area contributed by atoms with E-state index < -0.39 is 0 Å². The fraction of sp³-hybridized carbons (Fsp3) is 0.500. The van der Waals surface area contributed by atoms with Crippen LogP contribution in [0.25, 0.3) is 10.6 Å². The predicted octanol–water partition coefficient (Wildman–Crippen LogP) is 4.24. The molecule has 1 unspecified atom stereocenters. The van der Waals surface area contributed by atoms with Crippen molar-refractivity contribution >= 4 is 17.2 Å². The van der Waals surface area contributed by atoms with Gasteiger partial charge in [-0.25, -0.2) is 4.39 Å². The van der Waals surface area contributed by atoms with Crippen LogP contribution in [0, 0.1) is 5.82 Å². The molecule has 0 N–H and O–H groups in total. The molecule has 1 aromatic heterocycles. The van der Waals surface area contributed by atoms with Gasteiger partial charge in [0, 0.05) is 31.0 Å².